The number of anilines is 1. The quantitative estimate of drug-likeness (QED) is 0.141. The van der Waals surface area contributed by atoms with Crippen LogP contribution in [-0.4, -0.2) is 56.9 Å². The lowest BCUT2D eigenvalue weighted by Gasteiger charge is -2.35. The van der Waals surface area contributed by atoms with Gasteiger partial charge in [0.15, 0.2) is 17.9 Å². The van der Waals surface area contributed by atoms with Crippen molar-refractivity contribution in [3.8, 4) is 0 Å². The fourth-order valence-electron chi connectivity index (χ4n) is 5.41. The average Bonchev–Trinajstić information content (AvgIpc) is 3.59. The summed E-state index contributed by atoms with van der Waals surface area (Å²) in [6.07, 6.45) is -0.991. The maximum Gasteiger partial charge on any atom is 0.338 e. The molecule has 0 radical (unpaired) electrons. The number of ether oxygens (including phenoxy) is 4. The minimum Gasteiger partial charge on any atom is -0.459 e. The average molecular weight is 618 g/mol. The predicted octanol–water partition coefficient (Wildman–Crippen LogP) is 5.16. The largest absolute Gasteiger partial charge is 0.459 e. The van der Waals surface area contributed by atoms with Crippen molar-refractivity contribution in [3.63, 3.8) is 0 Å². The molecule has 0 aliphatic carbocycles. The summed E-state index contributed by atoms with van der Waals surface area (Å²) in [6.45, 7) is 8.92. The highest BCUT2D eigenvalue weighted by molar-refractivity contribution is 5.98. The third kappa shape index (κ3) is 5.62. The van der Waals surface area contributed by atoms with Gasteiger partial charge in [-0.05, 0) is 43.3 Å². The van der Waals surface area contributed by atoms with Crippen molar-refractivity contribution in [2.24, 2.45) is 0 Å². The molecule has 2 N–H and O–H groups in total. The van der Waals surface area contributed by atoms with Crippen molar-refractivity contribution < 1.29 is 33.3 Å². The Kier molecular flexibility index (Phi) is 8.15. The zero-order chi connectivity index (χ0) is 32.3. The number of benzene rings is 3. The molecule has 12 nitrogen and oxygen atoms in total. The number of hydrogen-bond donors (Lipinski definition) is 1. The van der Waals surface area contributed by atoms with Crippen LogP contribution < -0.4 is 5.73 Å². The summed E-state index contributed by atoms with van der Waals surface area (Å²) in [5.41, 5.74) is 5.51. The Morgan fingerprint density at radius 2 is 1.46 bits per heavy atom. The molecule has 6 rings (SSSR count). The molecular weight excluding hydrogens is 590 g/mol. The monoisotopic (exact) mass is 617 g/mol. The van der Waals surface area contributed by atoms with E-state index in [1.165, 1.54) is 17.1 Å². The summed E-state index contributed by atoms with van der Waals surface area (Å²) < 4.78 is 25.8. The van der Waals surface area contributed by atoms with Gasteiger partial charge in [-0.2, -0.15) is 0 Å². The third-order valence-corrected chi connectivity index (χ3v) is 7.64. The van der Waals surface area contributed by atoms with Crippen LogP contribution in [0, 0.1) is 6.57 Å². The van der Waals surface area contributed by atoms with Gasteiger partial charge in [-0.15, -0.1) is 0 Å². The Morgan fingerprint density at radius 1 is 0.891 bits per heavy atom. The van der Waals surface area contributed by atoms with Gasteiger partial charge in [0.25, 0.3) is 0 Å². The second kappa shape index (κ2) is 12.5. The normalized spacial score (nSPS) is 20.5. The molecule has 0 spiro atoms. The number of carbonyl (C=O) groups excluding carboxylic acids is 3. The van der Waals surface area contributed by atoms with E-state index in [4.69, 9.17) is 31.3 Å². The summed E-state index contributed by atoms with van der Waals surface area (Å²) in [4.78, 5) is 52.0. The minimum atomic E-state index is -1.76. The van der Waals surface area contributed by atoms with Crippen LogP contribution in [0.5, 0.6) is 0 Å². The maximum atomic E-state index is 13.6. The molecule has 4 atom stereocenters. The molecule has 1 aliphatic rings. The molecule has 3 aromatic carbocycles. The van der Waals surface area contributed by atoms with E-state index in [-0.39, 0.29) is 40.3 Å². The van der Waals surface area contributed by atoms with Gasteiger partial charge in [0.05, 0.1) is 28.6 Å². The van der Waals surface area contributed by atoms with E-state index < -0.39 is 41.9 Å². The van der Waals surface area contributed by atoms with E-state index in [1.54, 1.807) is 97.9 Å². The number of hydrogen-bond acceptors (Lipinski definition) is 10. The Bertz CT molecular complexity index is 1940. The Labute approximate surface area is 263 Å². The van der Waals surface area contributed by atoms with Gasteiger partial charge < -0.3 is 29.2 Å². The van der Waals surface area contributed by atoms with Gasteiger partial charge in [-0.1, -0.05) is 54.6 Å². The number of fused-ring (bicyclic) bond motifs is 1. The number of aromatic nitrogens is 3. The molecule has 1 saturated heterocycles. The van der Waals surface area contributed by atoms with Gasteiger partial charge >= 0.3 is 17.9 Å². The summed E-state index contributed by atoms with van der Waals surface area (Å²) in [6, 6.07) is 24.9. The van der Waals surface area contributed by atoms with E-state index in [0.29, 0.717) is 5.56 Å². The second-order valence-electron chi connectivity index (χ2n) is 10.6. The first-order valence-corrected chi connectivity index (χ1v) is 14.2. The van der Waals surface area contributed by atoms with E-state index in [0.717, 1.165) is 0 Å². The zero-order valence-electron chi connectivity index (χ0n) is 24.5. The first-order valence-electron chi connectivity index (χ1n) is 14.2. The van der Waals surface area contributed by atoms with Gasteiger partial charge in [0.1, 0.15) is 30.5 Å². The zero-order valence-corrected chi connectivity index (χ0v) is 24.5. The number of rotatable bonds is 8. The lowest BCUT2D eigenvalue weighted by molar-refractivity contribution is -0.108. The highest BCUT2D eigenvalue weighted by Crippen LogP contribution is 2.46. The number of nitrogens with two attached hydrogens (primary N) is 1. The number of nitrogens with zero attached hydrogens (tertiary/aromatic N) is 4. The molecule has 1 fully saturated rings. The molecule has 0 saturated carbocycles. The molecule has 3 heterocycles. The number of nitrogen functional groups attached to an aromatic ring is 1. The SMILES string of the molecule is [C-]#[N+]c1cn([C@@H]2O[C@H](COC(=O)c3ccccc3)[C@@H](OC(=O)c3ccccc3)[C@@]2(C)OC(=O)c2ccccc2)c2ncnc(N)c12. The van der Waals surface area contributed by atoms with Gasteiger partial charge in [0.2, 0.25) is 5.69 Å². The van der Waals surface area contributed by atoms with Gasteiger partial charge in [0, 0.05) is 6.20 Å². The topological polar surface area (TPSA) is 149 Å². The highest BCUT2D eigenvalue weighted by atomic mass is 16.7. The summed E-state index contributed by atoms with van der Waals surface area (Å²) in [7, 11) is 0. The summed E-state index contributed by atoms with van der Waals surface area (Å²) >= 11 is 0. The van der Waals surface area contributed by atoms with Crippen LogP contribution in [0.1, 0.15) is 44.2 Å². The van der Waals surface area contributed by atoms with E-state index in [2.05, 4.69) is 14.8 Å². The van der Waals surface area contributed by atoms with Crippen molar-refractivity contribution in [3.05, 3.63) is 132 Å². The van der Waals surface area contributed by atoms with Crippen LogP contribution in [0.25, 0.3) is 15.9 Å². The number of carbonyl (C=O) groups is 3. The standard InChI is InChI=1S/C34H27N5O7/c1-34(46-32(42)23-16-10-5-11-17-23)27(45-31(41)22-14-8-4-9-15-22)25(19-43-30(40)21-12-6-3-7-13-21)44-33(34)39-18-24(36-2)26-28(35)37-20-38-29(26)39/h3-18,20,25,27,33H,19H2,1H3,(H2,35,37,38)/t25-,27-,33-,34-/m1/s1. The van der Waals surface area contributed by atoms with E-state index in [1.807, 2.05) is 0 Å². The smallest absolute Gasteiger partial charge is 0.338 e. The molecule has 5 aromatic rings. The Hall–Kier alpha value is -6.06. The van der Waals surface area contributed by atoms with Gasteiger partial charge in [-0.3, -0.25) is 0 Å². The summed E-state index contributed by atoms with van der Waals surface area (Å²) in [5, 5.41) is 0.273. The first-order chi connectivity index (χ1) is 22.3. The molecule has 46 heavy (non-hydrogen) atoms. The van der Waals surface area contributed by atoms with Crippen molar-refractivity contribution in [2.75, 3.05) is 12.3 Å². The van der Waals surface area contributed by atoms with Crippen molar-refractivity contribution in [1.82, 2.24) is 14.5 Å². The highest BCUT2D eigenvalue weighted by Gasteiger charge is 2.60. The molecule has 0 bridgehead atoms. The van der Waals surface area contributed by atoms with Crippen LogP contribution in [0.4, 0.5) is 11.5 Å². The van der Waals surface area contributed by atoms with E-state index in [9.17, 15) is 14.4 Å². The minimum absolute atomic E-state index is 0.0659. The maximum absolute atomic E-state index is 13.6. The molecule has 230 valence electrons. The Morgan fingerprint density at radius 3 is 2.04 bits per heavy atom. The molecule has 0 unspecified atom stereocenters. The molecular formula is C34H27N5O7. The lowest BCUT2D eigenvalue weighted by atomic mass is 9.95. The molecule has 2 aromatic heterocycles. The van der Waals surface area contributed by atoms with Crippen LogP contribution >= 0.6 is 0 Å². The molecule has 0 amide bonds. The fraction of sp³-hybridized carbons (Fsp3) is 0.176. The third-order valence-electron chi connectivity index (χ3n) is 7.64. The van der Waals surface area contributed by atoms with Crippen LogP contribution in [0.2, 0.25) is 0 Å². The molecule has 12 heteroatoms. The van der Waals surface area contributed by atoms with Crippen LogP contribution in [-0.2, 0) is 18.9 Å². The Balaban J connectivity index is 1.45. The predicted molar refractivity (Wildman–Crippen MR) is 165 cm³/mol. The van der Waals surface area contributed by atoms with Crippen molar-refractivity contribution in [1.29, 1.82) is 0 Å². The first kappa shape index (κ1) is 30.0. The van der Waals surface area contributed by atoms with Gasteiger partial charge in [-0.25, -0.2) is 29.2 Å². The second-order valence-corrected chi connectivity index (χ2v) is 10.6. The van der Waals surface area contributed by atoms with Crippen molar-refractivity contribution in [2.45, 2.75) is 31.0 Å². The van der Waals surface area contributed by atoms with Crippen LogP contribution in [0.3, 0.4) is 0 Å². The lowest BCUT2D eigenvalue weighted by Crippen LogP contribution is -2.50. The fourth-order valence-corrected chi connectivity index (χ4v) is 5.41. The molecule has 1 aliphatic heterocycles. The summed E-state index contributed by atoms with van der Waals surface area (Å²) in [5.74, 6) is -2.01. The van der Waals surface area contributed by atoms with Crippen LogP contribution in [0.15, 0.2) is 104 Å². The van der Waals surface area contributed by atoms with E-state index >= 15 is 0 Å². The number of esters is 3. The van der Waals surface area contributed by atoms with Crippen molar-refractivity contribution >= 4 is 40.4 Å².